The van der Waals surface area contributed by atoms with E-state index in [4.69, 9.17) is 14.9 Å². The lowest BCUT2D eigenvalue weighted by Crippen LogP contribution is -2.02. The van der Waals surface area contributed by atoms with Crippen LogP contribution in [0.1, 0.15) is 15.9 Å². The molecule has 2 aromatic rings. The van der Waals surface area contributed by atoms with Crippen molar-refractivity contribution in [1.82, 2.24) is 0 Å². The Morgan fingerprint density at radius 3 is 2.52 bits per heavy atom. The molecule has 7 heteroatoms. The molecule has 0 saturated heterocycles. The molecule has 0 bridgehead atoms. The van der Waals surface area contributed by atoms with Crippen LogP contribution in [0.3, 0.4) is 0 Å². The average molecular weight is 289 g/mol. The molecule has 0 atom stereocenters. The number of aromatic carboxylic acids is 1. The number of aliphatic hydroxyl groups excluding tert-OH is 1. The fourth-order valence-electron chi connectivity index (χ4n) is 1.75. The number of benzene rings is 2. The summed E-state index contributed by atoms with van der Waals surface area (Å²) in [7, 11) is 0. The first-order valence-corrected chi connectivity index (χ1v) is 5.90. The number of nitro benzene ring substituents is 1. The topological polar surface area (TPSA) is 110 Å². The van der Waals surface area contributed by atoms with Gasteiger partial charge in [-0.3, -0.25) is 10.1 Å². The van der Waals surface area contributed by atoms with Gasteiger partial charge in [0.05, 0.1) is 17.6 Å². The highest BCUT2D eigenvalue weighted by Crippen LogP contribution is 2.28. The third-order valence-corrected chi connectivity index (χ3v) is 2.71. The Hall–Kier alpha value is -2.93. The van der Waals surface area contributed by atoms with Gasteiger partial charge in [0.1, 0.15) is 17.1 Å². The predicted molar refractivity (Wildman–Crippen MR) is 72.5 cm³/mol. The number of nitro groups is 1. The van der Waals surface area contributed by atoms with Crippen molar-refractivity contribution in [3.05, 3.63) is 63.7 Å². The van der Waals surface area contributed by atoms with Crippen LogP contribution in [0, 0.1) is 10.1 Å². The Balaban J connectivity index is 2.34. The maximum atomic E-state index is 10.9. The van der Waals surface area contributed by atoms with E-state index in [1.807, 2.05) is 0 Å². The predicted octanol–water partition coefficient (Wildman–Crippen LogP) is 2.58. The van der Waals surface area contributed by atoms with Crippen LogP contribution in [0.25, 0.3) is 0 Å². The quantitative estimate of drug-likeness (QED) is 0.646. The molecule has 0 amide bonds. The Labute approximate surface area is 119 Å². The summed E-state index contributed by atoms with van der Waals surface area (Å²) in [5.41, 5.74) is -0.320. The second kappa shape index (κ2) is 6.02. The van der Waals surface area contributed by atoms with Gasteiger partial charge in [-0.25, -0.2) is 4.79 Å². The first kappa shape index (κ1) is 14.5. The molecule has 7 nitrogen and oxygen atoms in total. The number of carbonyl (C=O) groups is 1. The zero-order valence-electron chi connectivity index (χ0n) is 10.7. The van der Waals surface area contributed by atoms with Crippen LogP contribution >= 0.6 is 0 Å². The molecule has 0 aliphatic carbocycles. The summed E-state index contributed by atoms with van der Waals surface area (Å²) < 4.78 is 5.44. The Morgan fingerprint density at radius 2 is 1.90 bits per heavy atom. The van der Waals surface area contributed by atoms with Gasteiger partial charge in [0.2, 0.25) is 0 Å². The van der Waals surface area contributed by atoms with Gasteiger partial charge in [-0.1, -0.05) is 12.1 Å². The number of carboxylic acid groups (broad SMARTS) is 1. The summed E-state index contributed by atoms with van der Waals surface area (Å²) in [4.78, 5) is 21.0. The highest BCUT2D eigenvalue weighted by atomic mass is 16.6. The minimum absolute atomic E-state index is 0.141. The van der Waals surface area contributed by atoms with Crippen molar-refractivity contribution in [3.63, 3.8) is 0 Å². The summed E-state index contributed by atoms with van der Waals surface area (Å²) in [5, 5.41) is 28.8. The third kappa shape index (κ3) is 3.34. The van der Waals surface area contributed by atoms with Gasteiger partial charge in [0.25, 0.3) is 5.69 Å². The Bertz CT molecular complexity index is 698. The smallest absolute Gasteiger partial charge is 0.342 e. The van der Waals surface area contributed by atoms with Gasteiger partial charge in [-0.15, -0.1) is 0 Å². The minimum atomic E-state index is -1.38. The molecule has 21 heavy (non-hydrogen) atoms. The van der Waals surface area contributed by atoms with Crippen LogP contribution in [0.4, 0.5) is 5.69 Å². The molecule has 0 radical (unpaired) electrons. The van der Waals surface area contributed by atoms with Crippen molar-refractivity contribution in [2.75, 3.05) is 0 Å². The molecule has 2 aromatic carbocycles. The van der Waals surface area contributed by atoms with Crippen LogP contribution in [0.15, 0.2) is 42.5 Å². The lowest BCUT2D eigenvalue weighted by Gasteiger charge is -2.07. The van der Waals surface area contributed by atoms with E-state index < -0.39 is 22.1 Å². The summed E-state index contributed by atoms with van der Waals surface area (Å²) in [6.45, 7) is -0.157. The molecule has 108 valence electrons. The van der Waals surface area contributed by atoms with Crippen LogP contribution in [0.5, 0.6) is 11.5 Å². The van der Waals surface area contributed by atoms with Crippen LogP contribution in [-0.2, 0) is 6.61 Å². The zero-order chi connectivity index (χ0) is 15.4. The van der Waals surface area contributed by atoms with E-state index >= 15 is 0 Å². The van der Waals surface area contributed by atoms with E-state index in [9.17, 15) is 14.9 Å². The number of aliphatic hydroxyl groups is 1. The maximum absolute atomic E-state index is 10.9. The van der Waals surface area contributed by atoms with Crippen molar-refractivity contribution >= 4 is 11.7 Å². The van der Waals surface area contributed by atoms with Gasteiger partial charge in [-0.05, 0) is 29.8 Å². The zero-order valence-corrected chi connectivity index (χ0v) is 10.7. The number of hydrogen-bond acceptors (Lipinski definition) is 5. The molecular formula is C14H11NO6. The molecule has 0 heterocycles. The largest absolute Gasteiger partial charge is 0.477 e. The Morgan fingerprint density at radius 1 is 1.19 bits per heavy atom. The van der Waals surface area contributed by atoms with Crippen LogP contribution in [0.2, 0.25) is 0 Å². The summed E-state index contributed by atoms with van der Waals surface area (Å²) in [6.07, 6.45) is 0. The number of hydrogen-bond donors (Lipinski definition) is 2. The van der Waals surface area contributed by atoms with Gasteiger partial charge >= 0.3 is 5.97 Å². The van der Waals surface area contributed by atoms with Crippen molar-refractivity contribution in [2.24, 2.45) is 0 Å². The Kier molecular flexibility index (Phi) is 4.15. The monoisotopic (exact) mass is 289 g/mol. The summed E-state index contributed by atoms with van der Waals surface area (Å²) in [5.74, 6) is -0.851. The van der Waals surface area contributed by atoms with Gasteiger partial charge in [0.15, 0.2) is 0 Å². The highest BCUT2D eigenvalue weighted by molar-refractivity contribution is 5.92. The molecule has 2 rings (SSSR count). The van der Waals surface area contributed by atoms with Crippen molar-refractivity contribution in [2.45, 2.75) is 6.61 Å². The molecule has 0 aliphatic heterocycles. The molecule has 0 fully saturated rings. The number of ether oxygens (including phenoxy) is 1. The molecule has 2 N–H and O–H groups in total. The molecule has 0 aromatic heterocycles. The van der Waals surface area contributed by atoms with E-state index in [0.717, 1.165) is 12.1 Å². The second-order valence-electron chi connectivity index (χ2n) is 4.15. The average Bonchev–Trinajstić information content (AvgIpc) is 2.47. The molecular weight excluding hydrogens is 278 g/mol. The van der Waals surface area contributed by atoms with Crippen molar-refractivity contribution in [3.8, 4) is 11.5 Å². The van der Waals surface area contributed by atoms with Crippen molar-refractivity contribution in [1.29, 1.82) is 0 Å². The molecule has 0 unspecified atom stereocenters. The van der Waals surface area contributed by atoms with E-state index in [-0.39, 0.29) is 12.4 Å². The first-order chi connectivity index (χ1) is 10.0. The highest BCUT2D eigenvalue weighted by Gasteiger charge is 2.20. The molecule has 0 aliphatic rings. The molecule has 0 spiro atoms. The standard InChI is InChI=1S/C14H11NO6/c16-8-9-2-1-3-10(6-9)21-11-4-5-12(14(17)18)13(7-11)15(19)20/h1-7,16H,8H2,(H,17,18). The lowest BCUT2D eigenvalue weighted by atomic mass is 10.1. The van der Waals surface area contributed by atoms with E-state index in [2.05, 4.69) is 0 Å². The van der Waals surface area contributed by atoms with Crippen molar-refractivity contribution < 1.29 is 24.7 Å². The first-order valence-electron chi connectivity index (χ1n) is 5.90. The van der Waals surface area contributed by atoms with Crippen LogP contribution < -0.4 is 4.74 Å². The normalized spacial score (nSPS) is 10.1. The van der Waals surface area contributed by atoms with E-state index in [0.29, 0.717) is 11.3 Å². The number of carboxylic acids is 1. The minimum Gasteiger partial charge on any atom is -0.477 e. The molecule has 0 saturated carbocycles. The maximum Gasteiger partial charge on any atom is 0.342 e. The number of rotatable bonds is 5. The van der Waals surface area contributed by atoms with Gasteiger partial charge in [-0.2, -0.15) is 0 Å². The lowest BCUT2D eigenvalue weighted by molar-refractivity contribution is -0.385. The summed E-state index contributed by atoms with van der Waals surface area (Å²) >= 11 is 0. The summed E-state index contributed by atoms with van der Waals surface area (Å²) in [6, 6.07) is 10.1. The fraction of sp³-hybridized carbons (Fsp3) is 0.0714. The SMILES string of the molecule is O=C(O)c1ccc(Oc2cccc(CO)c2)cc1[N+](=O)[O-]. The van der Waals surface area contributed by atoms with Crippen LogP contribution in [-0.4, -0.2) is 21.1 Å². The van der Waals surface area contributed by atoms with Gasteiger partial charge in [0, 0.05) is 0 Å². The van der Waals surface area contributed by atoms with Gasteiger partial charge < -0.3 is 14.9 Å². The van der Waals surface area contributed by atoms with E-state index in [1.54, 1.807) is 24.3 Å². The van der Waals surface area contributed by atoms with E-state index in [1.165, 1.54) is 6.07 Å². The fourth-order valence-corrected chi connectivity index (χ4v) is 1.75. The third-order valence-electron chi connectivity index (χ3n) is 2.71. The number of nitrogens with zero attached hydrogens (tertiary/aromatic N) is 1. The second-order valence-corrected chi connectivity index (χ2v) is 4.15.